The molecular weight excluding hydrogens is 590 g/mol. The van der Waals surface area contributed by atoms with E-state index in [-0.39, 0.29) is 50.0 Å². The second-order valence-corrected chi connectivity index (χ2v) is 11.6. The molecule has 0 radical (unpaired) electrons. The van der Waals surface area contributed by atoms with Crippen LogP contribution in [0.4, 0.5) is 26.0 Å². The van der Waals surface area contributed by atoms with Crippen LogP contribution in [0.1, 0.15) is 52.5 Å². The average molecular weight is 630 g/mol. The quantitative estimate of drug-likeness (QED) is 0.169. The summed E-state index contributed by atoms with van der Waals surface area (Å²) in [7, 11) is 0. The topological polar surface area (TPSA) is 187 Å². The number of pyridine rings is 1. The van der Waals surface area contributed by atoms with Crippen molar-refractivity contribution in [3.05, 3.63) is 48.0 Å². The Bertz CT molecular complexity index is 1370. The zero-order valence-corrected chi connectivity index (χ0v) is 25.7. The van der Waals surface area contributed by atoms with Gasteiger partial charge in [0.05, 0.1) is 19.2 Å². The molecule has 0 bridgehead atoms. The molecule has 1 aliphatic heterocycles. The van der Waals surface area contributed by atoms with Crippen LogP contribution in [-0.4, -0.2) is 77.5 Å². The van der Waals surface area contributed by atoms with Crippen molar-refractivity contribution >= 4 is 35.9 Å². The normalized spacial score (nSPS) is 21.0. The molecule has 2 fully saturated rings. The number of aromatic nitrogens is 1. The first-order valence-electron chi connectivity index (χ1n) is 14.6. The van der Waals surface area contributed by atoms with E-state index in [1.54, 1.807) is 27.7 Å². The maximum Gasteiger partial charge on any atom is 0.416 e. The van der Waals surface area contributed by atoms with Gasteiger partial charge in [0.25, 0.3) is 0 Å². The SMILES string of the molecule is CCOC(=O)COc1ccc(N2C[C@@]3(CC[C@H](NC(=O)OCc4ccccc4)C[C@H]3NC(=O)OC(C)(C)C)OC2=O)nc1NO. The number of benzene rings is 1. The molecule has 15 nitrogen and oxygen atoms in total. The van der Waals surface area contributed by atoms with Crippen LogP contribution in [0.5, 0.6) is 5.75 Å². The Morgan fingerprint density at radius 3 is 2.53 bits per heavy atom. The Labute approximate surface area is 260 Å². The first-order valence-corrected chi connectivity index (χ1v) is 14.6. The van der Waals surface area contributed by atoms with Gasteiger partial charge >= 0.3 is 24.2 Å². The summed E-state index contributed by atoms with van der Waals surface area (Å²) in [4.78, 5) is 55.9. The van der Waals surface area contributed by atoms with Crippen molar-refractivity contribution in [3.63, 3.8) is 0 Å². The van der Waals surface area contributed by atoms with Gasteiger partial charge in [-0.25, -0.2) is 29.6 Å². The molecule has 15 heteroatoms. The lowest BCUT2D eigenvalue weighted by Gasteiger charge is -2.42. The molecule has 1 aliphatic carbocycles. The van der Waals surface area contributed by atoms with Crippen molar-refractivity contribution in [2.24, 2.45) is 0 Å². The molecule has 3 amide bonds. The van der Waals surface area contributed by atoms with Crippen LogP contribution in [0, 0.1) is 0 Å². The number of hydrogen-bond acceptors (Lipinski definition) is 12. The Hall–Kier alpha value is -4.79. The van der Waals surface area contributed by atoms with E-state index in [2.05, 4.69) is 15.6 Å². The van der Waals surface area contributed by atoms with Crippen molar-refractivity contribution in [2.45, 2.75) is 76.9 Å². The minimum atomic E-state index is -1.19. The number of nitrogens with one attached hydrogen (secondary N) is 3. The number of alkyl carbamates (subject to hydrolysis) is 2. The van der Waals surface area contributed by atoms with Crippen molar-refractivity contribution in [2.75, 3.05) is 30.1 Å². The molecule has 2 aromatic rings. The second-order valence-electron chi connectivity index (χ2n) is 11.6. The highest BCUT2D eigenvalue weighted by Crippen LogP contribution is 2.40. The molecule has 2 aliphatic rings. The molecule has 4 rings (SSSR count). The van der Waals surface area contributed by atoms with E-state index < -0.39 is 54.1 Å². The van der Waals surface area contributed by atoms with Gasteiger partial charge in [-0.05, 0) is 64.7 Å². The van der Waals surface area contributed by atoms with Crippen molar-refractivity contribution < 1.29 is 48.1 Å². The average Bonchev–Trinajstić information content (AvgIpc) is 3.33. The zero-order chi connectivity index (χ0) is 32.6. The molecule has 1 spiro atoms. The van der Waals surface area contributed by atoms with Crippen LogP contribution in [0.15, 0.2) is 42.5 Å². The van der Waals surface area contributed by atoms with Crippen LogP contribution in [-0.2, 0) is 30.3 Å². The lowest BCUT2D eigenvalue weighted by molar-refractivity contribution is -0.145. The molecule has 0 unspecified atom stereocenters. The Morgan fingerprint density at radius 1 is 1.09 bits per heavy atom. The van der Waals surface area contributed by atoms with Gasteiger partial charge in [0.2, 0.25) is 0 Å². The van der Waals surface area contributed by atoms with Crippen molar-refractivity contribution in [3.8, 4) is 5.75 Å². The summed E-state index contributed by atoms with van der Waals surface area (Å²) in [5, 5.41) is 15.3. The van der Waals surface area contributed by atoms with Gasteiger partial charge in [0.15, 0.2) is 23.8 Å². The fourth-order valence-corrected chi connectivity index (χ4v) is 5.11. The monoisotopic (exact) mass is 629 g/mol. The summed E-state index contributed by atoms with van der Waals surface area (Å²) in [6.07, 6.45) is -1.12. The lowest BCUT2D eigenvalue weighted by atomic mass is 9.77. The van der Waals surface area contributed by atoms with Crippen LogP contribution in [0.2, 0.25) is 0 Å². The molecule has 2 heterocycles. The van der Waals surface area contributed by atoms with Gasteiger partial charge in [-0.15, -0.1) is 0 Å². The van der Waals surface area contributed by atoms with E-state index in [4.69, 9.17) is 23.7 Å². The summed E-state index contributed by atoms with van der Waals surface area (Å²) in [6, 6.07) is 11.0. The molecule has 1 saturated carbocycles. The third-order valence-electron chi connectivity index (χ3n) is 7.11. The molecule has 1 saturated heterocycles. The summed E-state index contributed by atoms with van der Waals surface area (Å²) in [6.45, 7) is 6.71. The maximum absolute atomic E-state index is 13.2. The van der Waals surface area contributed by atoms with E-state index in [1.165, 1.54) is 17.0 Å². The van der Waals surface area contributed by atoms with E-state index >= 15 is 0 Å². The predicted octanol–water partition coefficient (Wildman–Crippen LogP) is 3.89. The summed E-state index contributed by atoms with van der Waals surface area (Å²) >= 11 is 0. The van der Waals surface area contributed by atoms with E-state index in [1.807, 2.05) is 35.8 Å². The van der Waals surface area contributed by atoms with Crippen LogP contribution in [0.3, 0.4) is 0 Å². The van der Waals surface area contributed by atoms with Gasteiger partial charge in [0, 0.05) is 6.04 Å². The maximum atomic E-state index is 13.2. The molecular formula is C30H39N5O10. The highest BCUT2D eigenvalue weighted by atomic mass is 16.6. The van der Waals surface area contributed by atoms with Crippen LogP contribution < -0.4 is 25.8 Å². The van der Waals surface area contributed by atoms with E-state index in [0.29, 0.717) is 6.42 Å². The number of anilines is 2. The highest BCUT2D eigenvalue weighted by Gasteiger charge is 2.55. The zero-order valence-electron chi connectivity index (χ0n) is 25.7. The number of amides is 3. The minimum absolute atomic E-state index is 0.00162. The fourth-order valence-electron chi connectivity index (χ4n) is 5.11. The predicted molar refractivity (Wildman–Crippen MR) is 159 cm³/mol. The first kappa shape index (κ1) is 33.1. The first-order chi connectivity index (χ1) is 21.4. The number of nitrogens with zero attached hydrogens (tertiary/aromatic N) is 2. The summed E-state index contributed by atoms with van der Waals surface area (Å²) < 4.78 is 27.0. The van der Waals surface area contributed by atoms with Crippen LogP contribution in [0.25, 0.3) is 0 Å². The number of esters is 1. The van der Waals surface area contributed by atoms with Gasteiger partial charge in [0.1, 0.15) is 18.0 Å². The van der Waals surface area contributed by atoms with E-state index in [0.717, 1.165) is 5.56 Å². The van der Waals surface area contributed by atoms with E-state index in [9.17, 15) is 24.4 Å². The van der Waals surface area contributed by atoms with Gasteiger partial charge in [-0.1, -0.05) is 30.3 Å². The number of rotatable bonds is 10. The third-order valence-corrected chi connectivity index (χ3v) is 7.11. The second kappa shape index (κ2) is 14.3. The third kappa shape index (κ3) is 8.88. The van der Waals surface area contributed by atoms with Gasteiger partial charge in [-0.3, -0.25) is 10.1 Å². The largest absolute Gasteiger partial charge is 0.478 e. The minimum Gasteiger partial charge on any atom is -0.478 e. The highest BCUT2D eigenvalue weighted by molar-refractivity contribution is 5.90. The summed E-state index contributed by atoms with van der Waals surface area (Å²) in [5.41, 5.74) is 0.780. The Kier molecular flexibility index (Phi) is 10.5. The van der Waals surface area contributed by atoms with Crippen molar-refractivity contribution in [1.82, 2.24) is 15.6 Å². The van der Waals surface area contributed by atoms with Gasteiger partial charge in [-0.2, -0.15) is 0 Å². The number of carbonyl (C=O) groups excluding carboxylic acids is 4. The number of ether oxygens (including phenoxy) is 5. The van der Waals surface area contributed by atoms with Crippen molar-refractivity contribution in [1.29, 1.82) is 0 Å². The molecule has 1 aromatic heterocycles. The molecule has 4 N–H and O–H groups in total. The summed E-state index contributed by atoms with van der Waals surface area (Å²) in [5.74, 6) is -0.575. The Morgan fingerprint density at radius 2 is 1.84 bits per heavy atom. The standard InChI is InChI=1S/C30H39N5O10/c1-5-41-24(36)17-42-21-11-12-23(33-25(21)34-40)35-18-30(45-28(35)39)14-13-20(15-22(30)32-27(38)44-29(2,3)4)31-26(37)43-16-19-9-7-6-8-10-19/h6-12,20,22,40H,5,13-18H2,1-4H3,(H,31,37)(H,32,38)(H,33,34)/t20-,22+,30+/m0/s1. The Balaban J connectivity index is 1.48. The lowest BCUT2D eigenvalue weighted by Crippen LogP contribution is -2.61. The molecule has 45 heavy (non-hydrogen) atoms. The molecule has 244 valence electrons. The molecule has 1 aromatic carbocycles. The van der Waals surface area contributed by atoms with Crippen LogP contribution >= 0.6 is 0 Å². The fraction of sp³-hybridized carbons (Fsp3) is 0.500. The molecule has 3 atom stereocenters. The smallest absolute Gasteiger partial charge is 0.416 e. The number of hydrogen-bond donors (Lipinski definition) is 4. The van der Waals surface area contributed by atoms with Gasteiger partial charge < -0.3 is 34.3 Å². The number of carbonyl (C=O) groups is 4.